The molecule has 1 aromatic heterocycles. The number of nitrogens with zero attached hydrogens (tertiary/aromatic N) is 1. The molecule has 0 radical (unpaired) electrons. The molecule has 3 rings (SSSR count). The van der Waals surface area contributed by atoms with Crippen molar-refractivity contribution in [3.63, 3.8) is 0 Å². The van der Waals surface area contributed by atoms with Gasteiger partial charge in [-0.1, -0.05) is 24.3 Å². The second-order valence-corrected chi connectivity index (χ2v) is 7.25. The number of hydrogen-bond donors (Lipinski definition) is 2. The second-order valence-electron chi connectivity index (χ2n) is 6.18. The van der Waals surface area contributed by atoms with Crippen molar-refractivity contribution in [1.29, 1.82) is 0 Å². The van der Waals surface area contributed by atoms with Gasteiger partial charge in [0.2, 0.25) is 5.91 Å². The number of fused-ring (bicyclic) bond motifs is 1. The van der Waals surface area contributed by atoms with E-state index in [1.54, 1.807) is 18.3 Å². The van der Waals surface area contributed by atoms with E-state index in [1.165, 1.54) is 0 Å². The molecule has 0 fully saturated rings. The molecule has 0 bridgehead atoms. The van der Waals surface area contributed by atoms with Gasteiger partial charge in [-0.25, -0.2) is 4.98 Å². The second kappa shape index (κ2) is 7.13. The van der Waals surface area contributed by atoms with Gasteiger partial charge in [-0.3, -0.25) is 9.59 Å². The highest BCUT2D eigenvalue weighted by molar-refractivity contribution is 7.18. The molecule has 1 aromatic carbocycles. The summed E-state index contributed by atoms with van der Waals surface area (Å²) in [5.74, 6) is -1.15. The molecular weight excluding hydrogens is 324 g/mol. The number of thiazole rings is 1. The largest absolute Gasteiger partial charge is 0.481 e. The third-order valence-electron chi connectivity index (χ3n) is 4.27. The van der Waals surface area contributed by atoms with Crippen molar-refractivity contribution < 1.29 is 14.7 Å². The van der Waals surface area contributed by atoms with Gasteiger partial charge in [0.1, 0.15) is 0 Å². The number of carboxylic acids is 1. The number of carbonyl (C=O) groups excluding carboxylic acids is 1. The average molecular weight is 344 g/mol. The number of aromatic nitrogens is 1. The zero-order valence-corrected chi connectivity index (χ0v) is 14.3. The van der Waals surface area contributed by atoms with Crippen LogP contribution in [0.3, 0.4) is 0 Å². The minimum absolute atomic E-state index is 0.0458. The number of benzene rings is 1. The summed E-state index contributed by atoms with van der Waals surface area (Å²) in [6, 6.07) is 7.60. The lowest BCUT2D eigenvalue weighted by atomic mass is 9.82. The topological polar surface area (TPSA) is 79.3 Å². The molecular formula is C18H20N2O3S. The first-order valence-corrected chi connectivity index (χ1v) is 8.89. The van der Waals surface area contributed by atoms with E-state index in [0.717, 1.165) is 21.6 Å². The van der Waals surface area contributed by atoms with Crippen LogP contribution < -0.4 is 5.32 Å². The zero-order chi connectivity index (χ0) is 17.1. The normalized spacial score (nSPS) is 21.5. The maximum atomic E-state index is 12.6. The fourth-order valence-electron chi connectivity index (χ4n) is 3.09. The molecule has 0 saturated carbocycles. The minimum atomic E-state index is -0.908. The van der Waals surface area contributed by atoms with E-state index in [9.17, 15) is 9.59 Å². The highest BCUT2D eigenvalue weighted by Gasteiger charge is 2.32. The van der Waals surface area contributed by atoms with E-state index < -0.39 is 5.97 Å². The van der Waals surface area contributed by atoms with Crippen LogP contribution in [0.2, 0.25) is 0 Å². The van der Waals surface area contributed by atoms with Crippen LogP contribution in [0.5, 0.6) is 0 Å². The quantitative estimate of drug-likeness (QED) is 0.816. The predicted molar refractivity (Wildman–Crippen MR) is 94.1 cm³/mol. The standard InChI is InChI=1S/C18H20N2O3S/c1-11(10-16(21)22)19-17(23)12-6-2-3-7-13(12)18-20-14-8-4-5-9-15(14)24-18/h2-5,8-9,11-13H,6-7,10H2,1H3,(H,19,23)(H,21,22). The molecule has 0 spiro atoms. The first kappa shape index (κ1) is 16.6. The molecule has 2 N–H and O–H groups in total. The van der Waals surface area contributed by atoms with Gasteiger partial charge in [0.05, 0.1) is 27.6 Å². The Morgan fingerprint density at radius 3 is 2.83 bits per heavy atom. The van der Waals surface area contributed by atoms with Gasteiger partial charge >= 0.3 is 5.97 Å². The molecule has 5 nitrogen and oxygen atoms in total. The molecule has 1 heterocycles. The minimum Gasteiger partial charge on any atom is -0.481 e. The van der Waals surface area contributed by atoms with Crippen LogP contribution in [0.15, 0.2) is 36.4 Å². The predicted octanol–water partition coefficient (Wildman–Crippen LogP) is 3.33. The Kier molecular flexibility index (Phi) is 4.94. The molecule has 126 valence electrons. The molecule has 24 heavy (non-hydrogen) atoms. The number of nitrogens with one attached hydrogen (secondary N) is 1. The lowest BCUT2D eigenvalue weighted by molar-refractivity contribution is -0.137. The van der Waals surface area contributed by atoms with Crippen LogP contribution in [0, 0.1) is 5.92 Å². The number of carbonyl (C=O) groups is 2. The maximum Gasteiger partial charge on any atom is 0.305 e. The Balaban J connectivity index is 1.79. The van der Waals surface area contributed by atoms with Gasteiger partial charge in [0, 0.05) is 12.0 Å². The lowest BCUT2D eigenvalue weighted by Gasteiger charge is -2.27. The number of allylic oxidation sites excluding steroid dienone is 2. The molecule has 2 aromatic rings. The van der Waals surface area contributed by atoms with E-state index in [0.29, 0.717) is 6.42 Å². The molecule has 0 saturated heterocycles. The summed E-state index contributed by atoms with van der Waals surface area (Å²) in [5, 5.41) is 12.7. The molecule has 3 atom stereocenters. The summed E-state index contributed by atoms with van der Waals surface area (Å²) >= 11 is 1.64. The molecule has 6 heteroatoms. The van der Waals surface area contributed by atoms with Crippen molar-refractivity contribution in [3.8, 4) is 0 Å². The first-order chi connectivity index (χ1) is 11.5. The Bertz CT molecular complexity index is 750. The Hall–Kier alpha value is -2.21. The fraction of sp³-hybridized carbons (Fsp3) is 0.389. The summed E-state index contributed by atoms with van der Waals surface area (Å²) in [7, 11) is 0. The highest BCUT2D eigenvalue weighted by Crippen LogP contribution is 2.38. The van der Waals surface area contributed by atoms with Crippen LogP contribution >= 0.6 is 11.3 Å². The number of aliphatic carboxylic acids is 1. The molecule has 1 aliphatic rings. The lowest BCUT2D eigenvalue weighted by Crippen LogP contribution is -2.40. The third-order valence-corrected chi connectivity index (χ3v) is 5.43. The molecule has 1 amide bonds. The SMILES string of the molecule is CC(CC(=O)O)NC(=O)C1CC=CCC1c1nc2ccccc2s1. The van der Waals surface area contributed by atoms with E-state index in [4.69, 9.17) is 10.1 Å². The van der Waals surface area contributed by atoms with Crippen molar-refractivity contribution >= 4 is 33.4 Å². The average Bonchev–Trinajstić information content (AvgIpc) is 2.97. The van der Waals surface area contributed by atoms with Gasteiger partial charge < -0.3 is 10.4 Å². The van der Waals surface area contributed by atoms with Gasteiger partial charge in [-0.05, 0) is 31.9 Å². The van der Waals surface area contributed by atoms with Crippen LogP contribution in [-0.2, 0) is 9.59 Å². The number of carboxylic acid groups (broad SMARTS) is 1. The summed E-state index contributed by atoms with van der Waals surface area (Å²) in [5.41, 5.74) is 0.963. The Morgan fingerprint density at radius 1 is 1.33 bits per heavy atom. The number of rotatable bonds is 5. The monoisotopic (exact) mass is 344 g/mol. The van der Waals surface area contributed by atoms with Crippen molar-refractivity contribution in [2.24, 2.45) is 5.92 Å². The Morgan fingerprint density at radius 2 is 2.08 bits per heavy atom. The van der Waals surface area contributed by atoms with Gasteiger partial charge in [-0.15, -0.1) is 11.3 Å². The Labute approximate surface area is 144 Å². The van der Waals surface area contributed by atoms with Gasteiger partial charge in [0.15, 0.2) is 0 Å². The van der Waals surface area contributed by atoms with E-state index in [-0.39, 0.29) is 30.2 Å². The first-order valence-electron chi connectivity index (χ1n) is 8.07. The third kappa shape index (κ3) is 3.64. The number of para-hydroxylation sites is 1. The van der Waals surface area contributed by atoms with Gasteiger partial charge in [-0.2, -0.15) is 0 Å². The summed E-state index contributed by atoms with van der Waals surface area (Å²) in [4.78, 5) is 28.1. The molecule has 0 aliphatic heterocycles. The van der Waals surface area contributed by atoms with Crippen LogP contribution in [0.1, 0.15) is 37.1 Å². The number of hydrogen-bond acceptors (Lipinski definition) is 4. The van der Waals surface area contributed by atoms with Gasteiger partial charge in [0.25, 0.3) is 0 Å². The highest BCUT2D eigenvalue weighted by atomic mass is 32.1. The van der Waals surface area contributed by atoms with E-state index in [2.05, 4.69) is 11.4 Å². The van der Waals surface area contributed by atoms with E-state index in [1.807, 2.05) is 30.3 Å². The van der Waals surface area contributed by atoms with Crippen LogP contribution in [-0.4, -0.2) is 28.0 Å². The van der Waals surface area contributed by atoms with Crippen LogP contribution in [0.4, 0.5) is 0 Å². The summed E-state index contributed by atoms with van der Waals surface area (Å²) in [6.07, 6.45) is 5.49. The smallest absolute Gasteiger partial charge is 0.305 e. The fourth-order valence-corrected chi connectivity index (χ4v) is 4.23. The molecule has 3 unspecified atom stereocenters. The number of amides is 1. The molecule has 1 aliphatic carbocycles. The van der Waals surface area contributed by atoms with Crippen LogP contribution in [0.25, 0.3) is 10.2 Å². The van der Waals surface area contributed by atoms with Crippen molar-refractivity contribution in [3.05, 3.63) is 41.4 Å². The van der Waals surface area contributed by atoms with Crippen molar-refractivity contribution in [2.75, 3.05) is 0 Å². The van der Waals surface area contributed by atoms with E-state index >= 15 is 0 Å². The summed E-state index contributed by atoms with van der Waals surface area (Å²) in [6.45, 7) is 1.72. The van der Waals surface area contributed by atoms with Crippen molar-refractivity contribution in [1.82, 2.24) is 10.3 Å². The van der Waals surface area contributed by atoms with Crippen molar-refractivity contribution in [2.45, 2.75) is 38.1 Å². The zero-order valence-electron chi connectivity index (χ0n) is 13.4. The maximum absolute atomic E-state index is 12.6. The summed E-state index contributed by atoms with van der Waals surface area (Å²) < 4.78 is 1.13.